The van der Waals surface area contributed by atoms with Crippen molar-refractivity contribution in [3.63, 3.8) is 0 Å². The van der Waals surface area contributed by atoms with E-state index in [1.807, 2.05) is 12.1 Å². The van der Waals surface area contributed by atoms with Crippen LogP contribution >= 0.6 is 0 Å². The van der Waals surface area contributed by atoms with Crippen molar-refractivity contribution < 1.29 is 24.0 Å². The molecule has 31 heavy (non-hydrogen) atoms. The molecule has 2 amide bonds. The third-order valence-corrected chi connectivity index (χ3v) is 4.40. The van der Waals surface area contributed by atoms with Crippen molar-refractivity contribution in [2.45, 2.75) is 31.8 Å². The second-order valence-corrected chi connectivity index (χ2v) is 7.01. The fourth-order valence-electron chi connectivity index (χ4n) is 2.87. The van der Waals surface area contributed by atoms with Gasteiger partial charge in [-0.15, -0.1) is 0 Å². The van der Waals surface area contributed by atoms with Crippen LogP contribution in [-0.2, 0) is 30.6 Å². The molecule has 7 N–H and O–H groups in total. The minimum absolute atomic E-state index is 0.0517. The number of unbranched alkanes of at least 4 members (excludes halogenated alkanes) is 1. The van der Waals surface area contributed by atoms with E-state index in [2.05, 4.69) is 20.8 Å². The topological polar surface area (TPSA) is 169 Å². The van der Waals surface area contributed by atoms with Gasteiger partial charge in [0.05, 0.1) is 19.6 Å². The molecule has 0 aliphatic heterocycles. The molecule has 1 unspecified atom stereocenters. The standard InChI is InChI=1S/C20H32N6O5/c1-23-12-18(28)24-9-3-2-4-17(20(30)31-22)25-19(29)14-26(10-11-27)13-15-5-7-16(21)8-6-15/h5-8,11,17,23H,2-4,9-10,12-14,21-22H2,1H3,(H,24,28)(H,25,29). The van der Waals surface area contributed by atoms with Gasteiger partial charge in [-0.1, -0.05) is 12.1 Å². The maximum absolute atomic E-state index is 12.5. The molecular formula is C20H32N6O5. The highest BCUT2D eigenvalue weighted by atomic mass is 16.7. The Morgan fingerprint density at radius 2 is 1.87 bits per heavy atom. The van der Waals surface area contributed by atoms with Crippen LogP contribution in [0.15, 0.2) is 24.3 Å². The van der Waals surface area contributed by atoms with E-state index in [1.54, 1.807) is 24.1 Å². The van der Waals surface area contributed by atoms with Crippen LogP contribution in [0, 0.1) is 0 Å². The molecule has 11 nitrogen and oxygen atoms in total. The summed E-state index contributed by atoms with van der Waals surface area (Å²) in [4.78, 5) is 52.7. The Morgan fingerprint density at radius 3 is 2.48 bits per heavy atom. The summed E-state index contributed by atoms with van der Waals surface area (Å²) in [5, 5.41) is 8.08. The fourth-order valence-corrected chi connectivity index (χ4v) is 2.87. The van der Waals surface area contributed by atoms with E-state index in [-0.39, 0.29) is 25.5 Å². The van der Waals surface area contributed by atoms with Crippen molar-refractivity contribution in [2.75, 3.05) is 39.0 Å². The number of likely N-dealkylation sites (N-methyl/N-ethyl adjacent to an activating group) is 1. The van der Waals surface area contributed by atoms with Crippen LogP contribution in [-0.4, -0.2) is 68.2 Å². The number of nitrogens with one attached hydrogen (secondary N) is 3. The van der Waals surface area contributed by atoms with Gasteiger partial charge in [-0.05, 0) is 44.0 Å². The highest BCUT2D eigenvalue weighted by Crippen LogP contribution is 2.09. The van der Waals surface area contributed by atoms with E-state index in [1.165, 1.54) is 0 Å². The first-order valence-electron chi connectivity index (χ1n) is 10.0. The number of nitrogen functional groups attached to an aromatic ring is 1. The van der Waals surface area contributed by atoms with E-state index in [4.69, 9.17) is 11.6 Å². The molecule has 0 fully saturated rings. The number of anilines is 1. The Hall–Kier alpha value is -3.02. The first-order chi connectivity index (χ1) is 14.9. The predicted octanol–water partition coefficient (Wildman–Crippen LogP) is -1.32. The summed E-state index contributed by atoms with van der Waals surface area (Å²) in [5.74, 6) is 3.67. The molecule has 0 saturated carbocycles. The number of nitrogens with two attached hydrogens (primary N) is 2. The molecule has 1 rings (SSSR count). The Balaban J connectivity index is 2.53. The Labute approximate surface area is 181 Å². The summed E-state index contributed by atoms with van der Waals surface area (Å²) in [5.41, 5.74) is 7.18. The number of carbonyl (C=O) groups excluding carboxylic acids is 4. The molecule has 0 radical (unpaired) electrons. The average Bonchev–Trinajstić information content (AvgIpc) is 2.74. The summed E-state index contributed by atoms with van der Waals surface area (Å²) in [6, 6.07) is 6.19. The summed E-state index contributed by atoms with van der Waals surface area (Å²) >= 11 is 0. The van der Waals surface area contributed by atoms with Gasteiger partial charge >= 0.3 is 5.97 Å². The molecule has 1 atom stereocenters. The number of carbonyl (C=O) groups is 4. The number of aldehydes is 1. The van der Waals surface area contributed by atoms with Crippen molar-refractivity contribution in [2.24, 2.45) is 5.90 Å². The number of amides is 2. The zero-order valence-corrected chi connectivity index (χ0v) is 17.8. The molecule has 11 heteroatoms. The van der Waals surface area contributed by atoms with Gasteiger partial charge in [-0.25, -0.2) is 4.79 Å². The Morgan fingerprint density at radius 1 is 1.16 bits per heavy atom. The van der Waals surface area contributed by atoms with Crippen LogP contribution in [0.3, 0.4) is 0 Å². The maximum Gasteiger partial charge on any atom is 0.347 e. The molecule has 1 aromatic rings. The molecule has 0 heterocycles. The van der Waals surface area contributed by atoms with Crippen LogP contribution in [0.2, 0.25) is 0 Å². The molecule has 0 aliphatic carbocycles. The summed E-state index contributed by atoms with van der Waals surface area (Å²) in [7, 11) is 1.68. The molecule has 0 bridgehead atoms. The second kappa shape index (κ2) is 14.9. The van der Waals surface area contributed by atoms with Crippen LogP contribution in [0.4, 0.5) is 5.69 Å². The van der Waals surface area contributed by atoms with E-state index >= 15 is 0 Å². The SMILES string of the molecule is CNCC(=O)NCCCCC(NC(=O)CN(CC=O)Cc1ccc(N)cc1)C(=O)ON. The normalized spacial score (nSPS) is 11.6. The van der Waals surface area contributed by atoms with Crippen molar-refractivity contribution in [3.05, 3.63) is 29.8 Å². The summed E-state index contributed by atoms with van der Waals surface area (Å²) < 4.78 is 0. The highest BCUT2D eigenvalue weighted by molar-refractivity contribution is 5.85. The minimum Gasteiger partial charge on any atom is -0.399 e. The lowest BCUT2D eigenvalue weighted by Crippen LogP contribution is -2.47. The lowest BCUT2D eigenvalue weighted by molar-refractivity contribution is -0.148. The number of rotatable bonds is 15. The van der Waals surface area contributed by atoms with Gasteiger partial charge in [0.2, 0.25) is 11.8 Å². The van der Waals surface area contributed by atoms with Crippen LogP contribution in [0.1, 0.15) is 24.8 Å². The van der Waals surface area contributed by atoms with Gasteiger partial charge in [-0.3, -0.25) is 14.5 Å². The van der Waals surface area contributed by atoms with Crippen LogP contribution in [0.5, 0.6) is 0 Å². The second-order valence-electron chi connectivity index (χ2n) is 7.01. The lowest BCUT2D eigenvalue weighted by Gasteiger charge is -2.21. The van der Waals surface area contributed by atoms with Crippen molar-refractivity contribution >= 4 is 29.8 Å². The zero-order chi connectivity index (χ0) is 23.1. The molecule has 0 saturated heterocycles. The van der Waals surface area contributed by atoms with Gasteiger partial charge in [-0.2, -0.15) is 5.90 Å². The number of hydrogen-bond donors (Lipinski definition) is 5. The van der Waals surface area contributed by atoms with Gasteiger partial charge in [0.25, 0.3) is 0 Å². The van der Waals surface area contributed by atoms with E-state index in [0.29, 0.717) is 44.3 Å². The van der Waals surface area contributed by atoms with Crippen LogP contribution in [0.25, 0.3) is 0 Å². The molecular weight excluding hydrogens is 404 g/mol. The van der Waals surface area contributed by atoms with E-state index in [0.717, 1.165) is 5.56 Å². The maximum atomic E-state index is 12.5. The van der Waals surface area contributed by atoms with Gasteiger partial charge in [0.15, 0.2) is 0 Å². The average molecular weight is 437 g/mol. The fraction of sp³-hybridized carbons (Fsp3) is 0.500. The Bertz CT molecular complexity index is 713. The highest BCUT2D eigenvalue weighted by Gasteiger charge is 2.22. The van der Waals surface area contributed by atoms with Crippen molar-refractivity contribution in [3.8, 4) is 0 Å². The molecule has 172 valence electrons. The van der Waals surface area contributed by atoms with Crippen LogP contribution < -0.4 is 27.6 Å². The monoisotopic (exact) mass is 436 g/mol. The minimum atomic E-state index is -0.917. The predicted molar refractivity (Wildman–Crippen MR) is 115 cm³/mol. The van der Waals surface area contributed by atoms with Gasteiger partial charge < -0.3 is 31.3 Å². The third-order valence-electron chi connectivity index (χ3n) is 4.40. The largest absolute Gasteiger partial charge is 0.399 e. The number of nitrogens with zero attached hydrogens (tertiary/aromatic N) is 1. The zero-order valence-electron chi connectivity index (χ0n) is 17.8. The number of benzene rings is 1. The van der Waals surface area contributed by atoms with Gasteiger partial charge in [0, 0.05) is 18.8 Å². The first-order valence-corrected chi connectivity index (χ1v) is 10.0. The summed E-state index contributed by atoms with van der Waals surface area (Å²) in [6.07, 6.45) is 2.19. The molecule has 1 aromatic carbocycles. The third kappa shape index (κ3) is 11.1. The van der Waals surface area contributed by atoms with Crippen molar-refractivity contribution in [1.29, 1.82) is 0 Å². The number of hydrogen-bond acceptors (Lipinski definition) is 9. The summed E-state index contributed by atoms with van der Waals surface area (Å²) in [6.45, 7) is 1.01. The molecule has 0 aromatic heterocycles. The van der Waals surface area contributed by atoms with Crippen molar-refractivity contribution in [1.82, 2.24) is 20.9 Å². The molecule has 0 aliphatic rings. The smallest absolute Gasteiger partial charge is 0.347 e. The van der Waals surface area contributed by atoms with Gasteiger partial charge in [0.1, 0.15) is 12.3 Å². The molecule has 0 spiro atoms. The van der Waals surface area contributed by atoms with E-state index in [9.17, 15) is 19.2 Å². The first kappa shape index (κ1) is 26.0. The Kier molecular flexibility index (Phi) is 12.5. The quantitative estimate of drug-likeness (QED) is 0.0968. The van der Waals surface area contributed by atoms with E-state index < -0.39 is 17.9 Å². The lowest BCUT2D eigenvalue weighted by atomic mass is 10.1.